The molecule has 0 unspecified atom stereocenters. The summed E-state index contributed by atoms with van der Waals surface area (Å²) < 4.78 is 15.4. The molecule has 3 rings (SSSR count). The molecule has 22 heavy (non-hydrogen) atoms. The van der Waals surface area contributed by atoms with Gasteiger partial charge in [0.2, 0.25) is 0 Å². The molecule has 6 heteroatoms. The topological polar surface area (TPSA) is 57.7 Å². The predicted octanol–water partition coefficient (Wildman–Crippen LogP) is 3.56. The van der Waals surface area contributed by atoms with E-state index in [1.165, 1.54) is 18.4 Å². The van der Waals surface area contributed by atoms with E-state index >= 15 is 0 Å². The van der Waals surface area contributed by atoms with Crippen molar-refractivity contribution in [3.8, 4) is 11.5 Å². The molecule has 3 aromatic rings. The highest BCUT2D eigenvalue weighted by Crippen LogP contribution is 2.36. The number of rotatable bonds is 3. The molecule has 0 radical (unpaired) electrons. The minimum absolute atomic E-state index is 0.334. The van der Waals surface area contributed by atoms with Crippen molar-refractivity contribution in [2.24, 2.45) is 0 Å². The molecule has 0 aliphatic carbocycles. The number of esters is 1. The van der Waals surface area contributed by atoms with E-state index in [-0.39, 0.29) is 5.97 Å². The molecule has 0 fully saturated rings. The van der Waals surface area contributed by atoms with Gasteiger partial charge in [-0.15, -0.1) is 11.3 Å². The number of carbonyl (C=O) groups is 1. The number of pyridine rings is 1. The first kappa shape index (κ1) is 14.6. The first-order valence-corrected chi connectivity index (χ1v) is 7.45. The number of methoxy groups -OCH3 is 3. The first-order chi connectivity index (χ1) is 10.6. The molecule has 0 aliphatic rings. The van der Waals surface area contributed by atoms with Gasteiger partial charge in [-0.1, -0.05) is 0 Å². The maximum absolute atomic E-state index is 11.8. The number of nitrogens with zero attached hydrogens (tertiary/aromatic N) is 1. The van der Waals surface area contributed by atoms with Crippen LogP contribution in [0.15, 0.2) is 18.2 Å². The van der Waals surface area contributed by atoms with Crippen molar-refractivity contribution >= 4 is 38.4 Å². The van der Waals surface area contributed by atoms with Gasteiger partial charge in [-0.25, -0.2) is 9.78 Å². The molecular weight excluding hydrogens is 302 g/mol. The van der Waals surface area contributed by atoms with Gasteiger partial charge in [0.15, 0.2) is 11.5 Å². The smallest absolute Gasteiger partial charge is 0.348 e. The van der Waals surface area contributed by atoms with E-state index in [1.54, 1.807) is 14.2 Å². The highest BCUT2D eigenvalue weighted by atomic mass is 32.1. The van der Waals surface area contributed by atoms with E-state index in [4.69, 9.17) is 14.2 Å². The van der Waals surface area contributed by atoms with Gasteiger partial charge < -0.3 is 14.2 Å². The monoisotopic (exact) mass is 317 g/mol. The van der Waals surface area contributed by atoms with Crippen LogP contribution in [0.4, 0.5) is 0 Å². The normalized spacial score (nSPS) is 10.9. The van der Waals surface area contributed by atoms with Crippen LogP contribution >= 0.6 is 11.3 Å². The SMILES string of the molecule is COC(=O)c1sc2nc3cc(OC)c(OC)cc3cc2c1C. The number of aromatic nitrogens is 1. The fourth-order valence-electron chi connectivity index (χ4n) is 2.41. The summed E-state index contributed by atoms with van der Waals surface area (Å²) in [7, 11) is 4.57. The fourth-order valence-corrected chi connectivity index (χ4v) is 3.50. The number of thiophene rings is 1. The van der Waals surface area contributed by atoms with Gasteiger partial charge in [0.1, 0.15) is 9.71 Å². The second-order valence-corrected chi connectivity index (χ2v) is 5.79. The maximum atomic E-state index is 11.8. The Labute approximate surface area is 131 Å². The van der Waals surface area contributed by atoms with Crippen molar-refractivity contribution in [2.45, 2.75) is 6.92 Å². The molecule has 0 amide bonds. The molecule has 0 aliphatic heterocycles. The Hall–Kier alpha value is -2.34. The number of benzene rings is 1. The molecule has 5 nitrogen and oxygen atoms in total. The molecule has 0 bridgehead atoms. The molecule has 0 saturated heterocycles. The summed E-state index contributed by atoms with van der Waals surface area (Å²) in [4.78, 5) is 17.8. The van der Waals surface area contributed by atoms with Crippen molar-refractivity contribution in [1.29, 1.82) is 0 Å². The number of aryl methyl sites for hydroxylation is 1. The van der Waals surface area contributed by atoms with Gasteiger partial charge >= 0.3 is 5.97 Å². The lowest BCUT2D eigenvalue weighted by Gasteiger charge is -2.08. The van der Waals surface area contributed by atoms with Crippen LogP contribution in [-0.2, 0) is 4.74 Å². The Kier molecular flexibility index (Phi) is 3.62. The van der Waals surface area contributed by atoms with Crippen molar-refractivity contribution in [3.05, 3.63) is 28.6 Å². The summed E-state index contributed by atoms with van der Waals surface area (Å²) in [5.41, 5.74) is 1.68. The third-order valence-corrected chi connectivity index (χ3v) is 4.78. The van der Waals surface area contributed by atoms with Gasteiger partial charge in [-0.3, -0.25) is 0 Å². The molecule has 1 aromatic carbocycles. The van der Waals surface area contributed by atoms with E-state index in [1.807, 2.05) is 25.1 Å². The van der Waals surface area contributed by atoms with Crippen molar-refractivity contribution < 1.29 is 19.0 Å². The first-order valence-electron chi connectivity index (χ1n) is 6.63. The summed E-state index contributed by atoms with van der Waals surface area (Å²) in [6, 6.07) is 5.73. The average Bonchev–Trinajstić information content (AvgIpc) is 2.86. The lowest BCUT2D eigenvalue weighted by Crippen LogP contribution is -1.99. The highest BCUT2D eigenvalue weighted by Gasteiger charge is 2.18. The molecule has 2 heterocycles. The van der Waals surface area contributed by atoms with Crippen LogP contribution in [0.3, 0.4) is 0 Å². The van der Waals surface area contributed by atoms with Gasteiger partial charge in [0.25, 0.3) is 0 Å². The number of ether oxygens (including phenoxy) is 3. The Balaban J connectivity index is 2.30. The number of carbonyl (C=O) groups excluding carboxylic acids is 1. The summed E-state index contributed by atoms with van der Waals surface area (Å²) in [6.07, 6.45) is 0. The summed E-state index contributed by atoms with van der Waals surface area (Å²) in [5, 5.41) is 1.88. The molecule has 0 N–H and O–H groups in total. The summed E-state index contributed by atoms with van der Waals surface area (Å²) in [6.45, 7) is 1.90. The van der Waals surface area contributed by atoms with Crippen LogP contribution < -0.4 is 9.47 Å². The molecule has 2 aromatic heterocycles. The molecule has 0 atom stereocenters. The quantitative estimate of drug-likeness (QED) is 0.691. The van der Waals surface area contributed by atoms with E-state index in [0.717, 1.165) is 26.7 Å². The van der Waals surface area contributed by atoms with Crippen LogP contribution in [0, 0.1) is 6.92 Å². The van der Waals surface area contributed by atoms with Gasteiger partial charge in [-0.05, 0) is 24.6 Å². The largest absolute Gasteiger partial charge is 0.493 e. The Morgan fingerprint density at radius 2 is 1.77 bits per heavy atom. The van der Waals surface area contributed by atoms with Crippen LogP contribution in [0.1, 0.15) is 15.2 Å². The minimum Gasteiger partial charge on any atom is -0.493 e. The lowest BCUT2D eigenvalue weighted by atomic mass is 10.1. The molecule has 114 valence electrons. The zero-order chi connectivity index (χ0) is 15.9. The molecular formula is C16H15NO4S. The second kappa shape index (κ2) is 5.46. The van der Waals surface area contributed by atoms with Crippen molar-refractivity contribution in [2.75, 3.05) is 21.3 Å². The summed E-state index contributed by atoms with van der Waals surface area (Å²) in [5.74, 6) is 0.945. The number of hydrogen-bond donors (Lipinski definition) is 0. The van der Waals surface area contributed by atoms with E-state index in [0.29, 0.717) is 16.4 Å². The molecule has 0 spiro atoms. The Morgan fingerprint density at radius 1 is 1.09 bits per heavy atom. The average molecular weight is 317 g/mol. The number of fused-ring (bicyclic) bond motifs is 2. The van der Waals surface area contributed by atoms with Crippen LogP contribution in [-0.4, -0.2) is 32.3 Å². The van der Waals surface area contributed by atoms with E-state index in [2.05, 4.69) is 4.98 Å². The van der Waals surface area contributed by atoms with Crippen molar-refractivity contribution in [3.63, 3.8) is 0 Å². The van der Waals surface area contributed by atoms with Crippen LogP contribution in [0.2, 0.25) is 0 Å². The zero-order valence-corrected chi connectivity index (χ0v) is 13.5. The van der Waals surface area contributed by atoms with Crippen molar-refractivity contribution in [1.82, 2.24) is 4.98 Å². The van der Waals surface area contributed by atoms with E-state index in [9.17, 15) is 4.79 Å². The lowest BCUT2D eigenvalue weighted by molar-refractivity contribution is 0.0605. The maximum Gasteiger partial charge on any atom is 0.348 e. The highest BCUT2D eigenvalue weighted by molar-refractivity contribution is 7.20. The zero-order valence-electron chi connectivity index (χ0n) is 12.7. The summed E-state index contributed by atoms with van der Waals surface area (Å²) >= 11 is 1.34. The number of hydrogen-bond acceptors (Lipinski definition) is 6. The van der Waals surface area contributed by atoms with Crippen LogP contribution in [0.25, 0.3) is 21.1 Å². The Morgan fingerprint density at radius 3 is 2.41 bits per heavy atom. The Bertz CT molecular complexity index is 885. The minimum atomic E-state index is -0.334. The standard InChI is InChI=1S/C16H15NO4S/c1-8-10-5-9-6-12(19-2)13(20-3)7-11(9)17-15(10)22-14(8)16(18)21-4/h5-7H,1-4H3. The van der Waals surface area contributed by atoms with Crippen LogP contribution in [0.5, 0.6) is 11.5 Å². The van der Waals surface area contributed by atoms with Gasteiger partial charge in [0, 0.05) is 16.8 Å². The third-order valence-electron chi connectivity index (χ3n) is 3.60. The predicted molar refractivity (Wildman–Crippen MR) is 86.3 cm³/mol. The third kappa shape index (κ3) is 2.16. The fraction of sp³-hybridized carbons (Fsp3) is 0.250. The van der Waals surface area contributed by atoms with Gasteiger partial charge in [0.05, 0.1) is 26.8 Å². The van der Waals surface area contributed by atoms with Gasteiger partial charge in [-0.2, -0.15) is 0 Å². The second-order valence-electron chi connectivity index (χ2n) is 4.79. The van der Waals surface area contributed by atoms with E-state index < -0.39 is 0 Å². The molecule has 0 saturated carbocycles.